The van der Waals surface area contributed by atoms with Crippen LogP contribution in [0.1, 0.15) is 18.4 Å². The first kappa shape index (κ1) is 20.1. The Morgan fingerprint density at radius 3 is 2.52 bits per heavy atom. The summed E-state index contributed by atoms with van der Waals surface area (Å²) >= 11 is 0. The van der Waals surface area contributed by atoms with Gasteiger partial charge in [-0.1, -0.05) is 18.2 Å². The molecule has 0 aliphatic carbocycles. The summed E-state index contributed by atoms with van der Waals surface area (Å²) in [7, 11) is -3.54. The van der Waals surface area contributed by atoms with E-state index >= 15 is 0 Å². The quantitative estimate of drug-likeness (QED) is 0.721. The van der Waals surface area contributed by atoms with Crippen molar-refractivity contribution >= 4 is 21.6 Å². The van der Waals surface area contributed by atoms with Crippen LogP contribution < -0.4 is 4.31 Å². The predicted octanol–water partition coefficient (Wildman–Crippen LogP) is 1.08. The molecule has 2 heterocycles. The summed E-state index contributed by atoms with van der Waals surface area (Å²) < 4.78 is 31.5. The van der Waals surface area contributed by atoms with E-state index in [1.807, 2.05) is 19.1 Å². The highest BCUT2D eigenvalue weighted by molar-refractivity contribution is 7.92. The molecule has 7 nitrogen and oxygen atoms in total. The zero-order chi connectivity index (χ0) is 19.4. The van der Waals surface area contributed by atoms with Crippen LogP contribution in [0.4, 0.5) is 5.69 Å². The highest BCUT2D eigenvalue weighted by Gasteiger charge is 2.28. The van der Waals surface area contributed by atoms with E-state index in [4.69, 9.17) is 4.74 Å². The third kappa shape index (κ3) is 5.21. The summed E-state index contributed by atoms with van der Waals surface area (Å²) in [6.45, 7) is 6.30. The summed E-state index contributed by atoms with van der Waals surface area (Å²) in [5, 5.41) is 0. The first-order valence-electron chi connectivity index (χ1n) is 9.49. The number of ether oxygens (including phenoxy) is 1. The van der Waals surface area contributed by atoms with Crippen LogP contribution in [0.2, 0.25) is 0 Å². The Hall–Kier alpha value is -1.64. The molecule has 0 saturated carbocycles. The molecule has 1 unspecified atom stereocenters. The smallest absolute Gasteiger partial charge is 0.243 e. The van der Waals surface area contributed by atoms with E-state index in [2.05, 4.69) is 4.90 Å². The lowest BCUT2D eigenvalue weighted by Gasteiger charge is -2.36. The number of benzene rings is 1. The number of piperazine rings is 1. The Morgan fingerprint density at radius 2 is 1.93 bits per heavy atom. The number of aryl methyl sites for hydroxylation is 1. The predicted molar refractivity (Wildman–Crippen MR) is 105 cm³/mol. The number of sulfonamides is 1. The number of carbonyl (C=O) groups excluding carboxylic acids is 1. The van der Waals surface area contributed by atoms with Gasteiger partial charge < -0.3 is 9.64 Å². The zero-order valence-corrected chi connectivity index (χ0v) is 17.0. The van der Waals surface area contributed by atoms with Gasteiger partial charge in [0, 0.05) is 39.3 Å². The molecule has 2 aliphatic rings. The second-order valence-electron chi connectivity index (χ2n) is 7.37. The maximum Gasteiger partial charge on any atom is 0.243 e. The summed E-state index contributed by atoms with van der Waals surface area (Å²) in [6, 6.07) is 7.23. The minimum Gasteiger partial charge on any atom is -0.377 e. The average Bonchev–Trinajstić information content (AvgIpc) is 3.13. The highest BCUT2D eigenvalue weighted by atomic mass is 32.2. The minimum atomic E-state index is -3.54. The van der Waals surface area contributed by atoms with Crippen molar-refractivity contribution in [2.24, 2.45) is 0 Å². The van der Waals surface area contributed by atoms with Crippen LogP contribution in [-0.2, 0) is 19.6 Å². The molecule has 0 bridgehead atoms. The SMILES string of the molecule is Cc1ccccc1N(CC(=O)N1CCN(CC2CCCO2)CC1)S(C)(=O)=O. The topological polar surface area (TPSA) is 70.2 Å². The number of anilines is 1. The first-order valence-corrected chi connectivity index (χ1v) is 11.3. The number of amides is 1. The molecule has 1 amide bonds. The van der Waals surface area contributed by atoms with E-state index in [-0.39, 0.29) is 12.5 Å². The van der Waals surface area contributed by atoms with Gasteiger partial charge in [-0.05, 0) is 31.4 Å². The Balaban J connectivity index is 1.59. The Kier molecular flexibility index (Phi) is 6.39. The Bertz CT molecular complexity index is 754. The fraction of sp³-hybridized carbons (Fsp3) is 0.632. The molecular formula is C19H29N3O4S. The maximum atomic E-state index is 12.8. The van der Waals surface area contributed by atoms with Gasteiger partial charge >= 0.3 is 0 Å². The molecule has 0 N–H and O–H groups in total. The Morgan fingerprint density at radius 1 is 1.22 bits per heavy atom. The van der Waals surface area contributed by atoms with E-state index in [0.717, 1.165) is 50.9 Å². The van der Waals surface area contributed by atoms with E-state index in [1.54, 1.807) is 17.0 Å². The van der Waals surface area contributed by atoms with Crippen molar-refractivity contribution < 1.29 is 17.9 Å². The van der Waals surface area contributed by atoms with E-state index < -0.39 is 10.0 Å². The van der Waals surface area contributed by atoms with Crippen LogP contribution >= 0.6 is 0 Å². The van der Waals surface area contributed by atoms with Crippen molar-refractivity contribution in [3.8, 4) is 0 Å². The second-order valence-corrected chi connectivity index (χ2v) is 9.28. The molecule has 0 aromatic heterocycles. The van der Waals surface area contributed by atoms with Crippen molar-refractivity contribution in [1.82, 2.24) is 9.80 Å². The molecule has 2 aliphatic heterocycles. The van der Waals surface area contributed by atoms with Crippen LogP contribution in [0.25, 0.3) is 0 Å². The van der Waals surface area contributed by atoms with Crippen LogP contribution in [0.3, 0.4) is 0 Å². The lowest BCUT2D eigenvalue weighted by molar-refractivity contribution is -0.131. The lowest BCUT2D eigenvalue weighted by Crippen LogP contribution is -2.53. The zero-order valence-electron chi connectivity index (χ0n) is 16.1. The monoisotopic (exact) mass is 395 g/mol. The van der Waals surface area contributed by atoms with Crippen LogP contribution in [0.5, 0.6) is 0 Å². The van der Waals surface area contributed by atoms with Crippen molar-refractivity contribution in [2.45, 2.75) is 25.9 Å². The molecule has 2 saturated heterocycles. The molecule has 8 heteroatoms. The summed E-state index contributed by atoms with van der Waals surface area (Å²) in [5.74, 6) is -0.152. The fourth-order valence-corrected chi connectivity index (χ4v) is 4.61. The molecule has 27 heavy (non-hydrogen) atoms. The average molecular weight is 396 g/mol. The molecule has 1 atom stereocenters. The number of para-hydroxylation sites is 1. The van der Waals surface area contributed by atoms with Gasteiger partial charge in [0.15, 0.2) is 0 Å². The highest BCUT2D eigenvalue weighted by Crippen LogP contribution is 2.22. The van der Waals surface area contributed by atoms with Gasteiger partial charge in [0.05, 0.1) is 18.0 Å². The number of hydrogen-bond acceptors (Lipinski definition) is 5. The molecule has 0 radical (unpaired) electrons. The van der Waals surface area contributed by atoms with Gasteiger partial charge in [-0.25, -0.2) is 8.42 Å². The van der Waals surface area contributed by atoms with Crippen LogP contribution in [0.15, 0.2) is 24.3 Å². The standard InChI is InChI=1S/C19H29N3O4S/c1-16-6-3-4-8-18(16)22(27(2,24)25)15-19(23)21-11-9-20(10-12-21)14-17-7-5-13-26-17/h3-4,6,8,17H,5,7,9-15H2,1-2H3. The van der Waals surface area contributed by atoms with Gasteiger partial charge in [0.1, 0.15) is 6.54 Å². The maximum absolute atomic E-state index is 12.8. The Labute approximate surface area is 161 Å². The molecule has 3 rings (SSSR count). The fourth-order valence-electron chi connectivity index (χ4n) is 3.70. The minimum absolute atomic E-state index is 0.152. The largest absolute Gasteiger partial charge is 0.377 e. The number of rotatable bonds is 6. The molecule has 1 aromatic carbocycles. The molecule has 1 aromatic rings. The summed E-state index contributed by atoms with van der Waals surface area (Å²) in [6.07, 6.45) is 3.70. The number of carbonyl (C=O) groups is 1. The molecular weight excluding hydrogens is 366 g/mol. The third-order valence-electron chi connectivity index (χ3n) is 5.27. The van der Waals surface area contributed by atoms with Crippen molar-refractivity contribution in [3.05, 3.63) is 29.8 Å². The van der Waals surface area contributed by atoms with E-state index in [1.165, 1.54) is 4.31 Å². The normalized spacial score (nSPS) is 21.4. The number of hydrogen-bond donors (Lipinski definition) is 0. The second kappa shape index (κ2) is 8.58. The van der Waals surface area contributed by atoms with E-state index in [0.29, 0.717) is 24.9 Å². The number of nitrogens with zero attached hydrogens (tertiary/aromatic N) is 3. The molecule has 2 fully saturated rings. The summed E-state index contributed by atoms with van der Waals surface area (Å²) in [4.78, 5) is 16.9. The van der Waals surface area contributed by atoms with Crippen molar-refractivity contribution in [3.63, 3.8) is 0 Å². The van der Waals surface area contributed by atoms with Gasteiger partial charge in [0.25, 0.3) is 0 Å². The van der Waals surface area contributed by atoms with Crippen LogP contribution in [0, 0.1) is 6.92 Å². The van der Waals surface area contributed by atoms with Crippen molar-refractivity contribution in [2.75, 3.05) is 56.4 Å². The third-order valence-corrected chi connectivity index (χ3v) is 6.40. The summed E-state index contributed by atoms with van der Waals surface area (Å²) in [5.41, 5.74) is 1.39. The van der Waals surface area contributed by atoms with Gasteiger partial charge in [-0.3, -0.25) is 14.0 Å². The molecule has 150 valence electrons. The van der Waals surface area contributed by atoms with Gasteiger partial charge in [-0.15, -0.1) is 0 Å². The molecule has 0 spiro atoms. The van der Waals surface area contributed by atoms with E-state index in [9.17, 15) is 13.2 Å². The first-order chi connectivity index (χ1) is 12.8. The van der Waals surface area contributed by atoms with Crippen LogP contribution in [-0.4, -0.2) is 82.4 Å². The van der Waals surface area contributed by atoms with Gasteiger partial charge in [-0.2, -0.15) is 0 Å². The van der Waals surface area contributed by atoms with Gasteiger partial charge in [0.2, 0.25) is 15.9 Å². The lowest BCUT2D eigenvalue weighted by atomic mass is 10.2. The van der Waals surface area contributed by atoms with Crippen molar-refractivity contribution in [1.29, 1.82) is 0 Å².